The molecule has 2 aromatic rings. The van der Waals surface area contributed by atoms with E-state index in [2.05, 4.69) is 4.98 Å². The first-order valence-electron chi connectivity index (χ1n) is 7.84. The van der Waals surface area contributed by atoms with Crippen LogP contribution in [0.4, 0.5) is 5.69 Å². The van der Waals surface area contributed by atoms with E-state index < -0.39 is 15.9 Å². The minimum absolute atomic E-state index is 0.0455. The highest BCUT2D eigenvalue weighted by Gasteiger charge is 2.19. The molecular formula is C16H21ClN4O3S. The summed E-state index contributed by atoms with van der Waals surface area (Å²) in [6, 6.07) is 5.19. The van der Waals surface area contributed by atoms with Gasteiger partial charge in [0, 0.05) is 16.9 Å². The molecule has 1 heterocycles. The number of aromatic nitrogens is 2. The van der Waals surface area contributed by atoms with E-state index in [1.807, 2.05) is 11.6 Å². The van der Waals surface area contributed by atoms with Crippen molar-refractivity contribution in [3.05, 3.63) is 46.5 Å². The van der Waals surface area contributed by atoms with Gasteiger partial charge in [-0.3, -0.25) is 4.79 Å². The van der Waals surface area contributed by atoms with E-state index in [-0.39, 0.29) is 11.4 Å². The number of hydrogen-bond acceptors (Lipinski definition) is 5. The van der Waals surface area contributed by atoms with E-state index in [0.29, 0.717) is 29.5 Å². The quantitative estimate of drug-likeness (QED) is 0.712. The molecule has 0 saturated carbocycles. The molecule has 0 radical (unpaired) electrons. The zero-order chi connectivity index (χ0) is 18.6. The number of anilines is 1. The van der Waals surface area contributed by atoms with Gasteiger partial charge in [0.25, 0.3) is 5.91 Å². The number of hydrogen-bond donors (Lipinski definition) is 2. The molecule has 0 spiro atoms. The number of amides is 1. The standard InChI is InChI=1S/C16H21ClN4O3S/c1-3-4-7-25(23,24)20-16(22)15-10-21(11(2)19-15)9-12-5-6-13(18)8-14(12)17/h5-6,8,10H,3-4,7,9,18H2,1-2H3,(H,20,22). The van der Waals surface area contributed by atoms with Gasteiger partial charge < -0.3 is 10.3 Å². The Labute approximate surface area is 152 Å². The largest absolute Gasteiger partial charge is 0.399 e. The summed E-state index contributed by atoms with van der Waals surface area (Å²) in [6.07, 6.45) is 2.73. The van der Waals surface area contributed by atoms with Crippen LogP contribution >= 0.6 is 11.6 Å². The lowest BCUT2D eigenvalue weighted by atomic mass is 10.2. The lowest BCUT2D eigenvalue weighted by molar-refractivity contribution is 0.0977. The van der Waals surface area contributed by atoms with Crippen molar-refractivity contribution >= 4 is 33.2 Å². The molecule has 0 unspecified atom stereocenters. The molecule has 0 atom stereocenters. The number of nitrogens with two attached hydrogens (primary N) is 1. The number of nitrogen functional groups attached to an aromatic ring is 1. The highest BCUT2D eigenvalue weighted by atomic mass is 35.5. The van der Waals surface area contributed by atoms with Crippen molar-refractivity contribution in [2.75, 3.05) is 11.5 Å². The van der Waals surface area contributed by atoms with Gasteiger partial charge in [0.15, 0.2) is 0 Å². The predicted octanol–water partition coefficient (Wildman–Crippen LogP) is 2.34. The molecule has 136 valence electrons. The van der Waals surface area contributed by atoms with Crippen LogP contribution in [0.5, 0.6) is 0 Å². The zero-order valence-corrected chi connectivity index (χ0v) is 15.7. The summed E-state index contributed by atoms with van der Waals surface area (Å²) in [6.45, 7) is 4.01. The molecule has 2 rings (SSSR count). The molecule has 0 bridgehead atoms. The number of nitrogens with zero attached hydrogens (tertiary/aromatic N) is 2. The molecule has 0 saturated heterocycles. The van der Waals surface area contributed by atoms with E-state index in [1.165, 1.54) is 6.20 Å². The maximum Gasteiger partial charge on any atom is 0.284 e. The maximum absolute atomic E-state index is 12.1. The SMILES string of the molecule is CCCCS(=O)(=O)NC(=O)c1cn(Cc2ccc(N)cc2Cl)c(C)n1. The van der Waals surface area contributed by atoms with E-state index in [0.717, 1.165) is 12.0 Å². The molecule has 0 aliphatic rings. The number of sulfonamides is 1. The van der Waals surface area contributed by atoms with Crippen LogP contribution in [0, 0.1) is 6.92 Å². The number of unbranched alkanes of at least 4 members (excludes halogenated alkanes) is 1. The Morgan fingerprint density at radius 2 is 2.12 bits per heavy atom. The van der Waals surface area contributed by atoms with Gasteiger partial charge in [0.05, 0.1) is 12.3 Å². The van der Waals surface area contributed by atoms with Crippen molar-refractivity contribution in [2.45, 2.75) is 33.2 Å². The zero-order valence-electron chi connectivity index (χ0n) is 14.1. The summed E-state index contributed by atoms with van der Waals surface area (Å²) in [5, 5.41) is 0.515. The molecule has 7 nitrogen and oxygen atoms in total. The summed E-state index contributed by atoms with van der Waals surface area (Å²) in [7, 11) is -3.65. The fourth-order valence-electron chi connectivity index (χ4n) is 2.23. The molecular weight excluding hydrogens is 364 g/mol. The van der Waals surface area contributed by atoms with Crippen molar-refractivity contribution in [1.82, 2.24) is 14.3 Å². The van der Waals surface area contributed by atoms with Gasteiger partial charge >= 0.3 is 0 Å². The molecule has 1 amide bonds. The molecule has 9 heteroatoms. The Morgan fingerprint density at radius 3 is 2.76 bits per heavy atom. The average molecular weight is 385 g/mol. The first-order valence-corrected chi connectivity index (χ1v) is 9.87. The summed E-state index contributed by atoms with van der Waals surface area (Å²) in [5.74, 6) is -0.249. The van der Waals surface area contributed by atoms with Crippen molar-refractivity contribution < 1.29 is 13.2 Å². The van der Waals surface area contributed by atoms with Crippen LogP contribution in [0.1, 0.15) is 41.6 Å². The number of nitrogens with one attached hydrogen (secondary N) is 1. The monoisotopic (exact) mass is 384 g/mol. The summed E-state index contributed by atoms with van der Waals surface area (Å²) < 4.78 is 27.4. The first kappa shape index (κ1) is 19.3. The Kier molecular flexibility index (Phi) is 6.07. The molecule has 0 fully saturated rings. The first-order chi connectivity index (χ1) is 11.7. The normalized spacial score (nSPS) is 11.5. The Bertz CT molecular complexity index is 878. The minimum atomic E-state index is -3.65. The molecule has 3 N–H and O–H groups in total. The molecule has 1 aromatic heterocycles. The number of aryl methyl sites for hydroxylation is 1. The third-order valence-corrected chi connectivity index (χ3v) is 5.32. The predicted molar refractivity (Wildman–Crippen MR) is 98.1 cm³/mol. The number of carbonyl (C=O) groups excluding carboxylic acids is 1. The van der Waals surface area contributed by atoms with E-state index in [9.17, 15) is 13.2 Å². The van der Waals surface area contributed by atoms with Crippen LogP contribution in [-0.4, -0.2) is 29.6 Å². The number of rotatable bonds is 7. The van der Waals surface area contributed by atoms with Gasteiger partial charge in [0.1, 0.15) is 11.5 Å². The van der Waals surface area contributed by atoms with Crippen LogP contribution in [0.25, 0.3) is 0 Å². The fourth-order valence-corrected chi connectivity index (χ4v) is 3.64. The van der Waals surface area contributed by atoms with Crippen LogP contribution in [0.2, 0.25) is 5.02 Å². The van der Waals surface area contributed by atoms with Crippen LogP contribution < -0.4 is 10.5 Å². The van der Waals surface area contributed by atoms with Gasteiger partial charge in [-0.25, -0.2) is 18.1 Å². The van der Waals surface area contributed by atoms with Crippen molar-refractivity contribution in [2.24, 2.45) is 0 Å². The lowest BCUT2D eigenvalue weighted by Crippen LogP contribution is -2.32. The van der Waals surface area contributed by atoms with Crippen LogP contribution in [0.3, 0.4) is 0 Å². The number of imidazole rings is 1. The highest BCUT2D eigenvalue weighted by Crippen LogP contribution is 2.20. The topological polar surface area (TPSA) is 107 Å². The van der Waals surface area contributed by atoms with Crippen molar-refractivity contribution in [3.8, 4) is 0 Å². The number of halogens is 1. The second-order valence-corrected chi connectivity index (χ2v) is 8.00. The van der Waals surface area contributed by atoms with Gasteiger partial charge in [-0.05, 0) is 31.0 Å². The fraction of sp³-hybridized carbons (Fsp3) is 0.375. The van der Waals surface area contributed by atoms with Gasteiger partial charge in [-0.15, -0.1) is 0 Å². The van der Waals surface area contributed by atoms with Gasteiger partial charge in [-0.1, -0.05) is 31.0 Å². The molecule has 0 aliphatic heterocycles. The van der Waals surface area contributed by atoms with Crippen molar-refractivity contribution in [3.63, 3.8) is 0 Å². The second kappa shape index (κ2) is 7.88. The average Bonchev–Trinajstić information content (AvgIpc) is 2.89. The second-order valence-electron chi connectivity index (χ2n) is 5.76. The van der Waals surface area contributed by atoms with E-state index in [4.69, 9.17) is 17.3 Å². The number of benzene rings is 1. The lowest BCUT2D eigenvalue weighted by Gasteiger charge is -2.07. The molecule has 0 aliphatic carbocycles. The van der Waals surface area contributed by atoms with E-state index >= 15 is 0 Å². The number of carbonyl (C=O) groups is 1. The van der Waals surface area contributed by atoms with E-state index in [1.54, 1.807) is 29.7 Å². The Hall–Kier alpha value is -2.06. The molecule has 1 aromatic carbocycles. The minimum Gasteiger partial charge on any atom is -0.399 e. The maximum atomic E-state index is 12.1. The Morgan fingerprint density at radius 1 is 1.40 bits per heavy atom. The third-order valence-electron chi connectivity index (χ3n) is 3.64. The van der Waals surface area contributed by atoms with Crippen LogP contribution in [0.15, 0.2) is 24.4 Å². The summed E-state index contributed by atoms with van der Waals surface area (Å²) in [4.78, 5) is 16.3. The third kappa shape index (κ3) is 5.20. The van der Waals surface area contributed by atoms with Crippen LogP contribution in [-0.2, 0) is 16.6 Å². The summed E-state index contributed by atoms with van der Waals surface area (Å²) in [5.41, 5.74) is 7.10. The van der Waals surface area contributed by atoms with Gasteiger partial charge in [-0.2, -0.15) is 0 Å². The van der Waals surface area contributed by atoms with Gasteiger partial charge in [0.2, 0.25) is 10.0 Å². The summed E-state index contributed by atoms with van der Waals surface area (Å²) >= 11 is 6.16. The van der Waals surface area contributed by atoms with Crippen molar-refractivity contribution in [1.29, 1.82) is 0 Å². The highest BCUT2D eigenvalue weighted by molar-refractivity contribution is 7.90. The Balaban J connectivity index is 2.15. The smallest absolute Gasteiger partial charge is 0.284 e. The molecule has 25 heavy (non-hydrogen) atoms.